The van der Waals surface area contributed by atoms with E-state index in [1.54, 1.807) is 12.1 Å². The van der Waals surface area contributed by atoms with E-state index < -0.39 is 0 Å². The zero-order valence-corrected chi connectivity index (χ0v) is 13.2. The third kappa shape index (κ3) is 2.82. The molecule has 4 heteroatoms. The van der Waals surface area contributed by atoms with Gasteiger partial charge in [-0.1, -0.05) is 24.3 Å². The molecule has 0 radical (unpaired) electrons. The highest BCUT2D eigenvalue weighted by Crippen LogP contribution is 2.27. The Morgan fingerprint density at radius 2 is 1.78 bits per heavy atom. The maximum Gasteiger partial charge on any atom is 0.141 e. The van der Waals surface area contributed by atoms with Crippen molar-refractivity contribution in [3.63, 3.8) is 0 Å². The molecule has 23 heavy (non-hydrogen) atoms. The smallest absolute Gasteiger partial charge is 0.141 e. The molecule has 3 aromatic rings. The second-order valence-corrected chi connectivity index (χ2v) is 6.17. The van der Waals surface area contributed by atoms with Crippen molar-refractivity contribution in [2.75, 3.05) is 19.6 Å². The van der Waals surface area contributed by atoms with Crippen molar-refractivity contribution in [1.82, 2.24) is 14.5 Å². The van der Waals surface area contributed by atoms with Crippen molar-refractivity contribution in [1.29, 1.82) is 0 Å². The quantitative estimate of drug-likeness (QED) is 0.802. The fourth-order valence-corrected chi connectivity index (χ4v) is 3.41. The first-order chi connectivity index (χ1) is 11.3. The fourth-order valence-electron chi connectivity index (χ4n) is 3.41. The van der Waals surface area contributed by atoms with Gasteiger partial charge in [-0.05, 0) is 50.2 Å². The minimum Gasteiger partial charge on any atom is -0.508 e. The van der Waals surface area contributed by atoms with Crippen LogP contribution in [0.25, 0.3) is 22.4 Å². The van der Waals surface area contributed by atoms with E-state index in [2.05, 4.69) is 21.6 Å². The van der Waals surface area contributed by atoms with E-state index >= 15 is 0 Å². The van der Waals surface area contributed by atoms with Gasteiger partial charge in [-0.2, -0.15) is 0 Å². The number of nitrogens with zero attached hydrogens (tertiary/aromatic N) is 3. The lowest BCUT2D eigenvalue weighted by Gasteiger charge is -2.16. The first-order valence-corrected chi connectivity index (χ1v) is 8.28. The second kappa shape index (κ2) is 6.05. The zero-order chi connectivity index (χ0) is 15.6. The summed E-state index contributed by atoms with van der Waals surface area (Å²) in [5.74, 6) is 1.21. The number of phenolic OH excluding ortho intramolecular Hbond substituents is 1. The molecule has 0 bridgehead atoms. The maximum atomic E-state index is 9.80. The number of aromatic nitrogens is 2. The summed E-state index contributed by atoms with van der Waals surface area (Å²) in [7, 11) is 0. The van der Waals surface area contributed by atoms with Gasteiger partial charge in [-0.25, -0.2) is 4.98 Å². The van der Waals surface area contributed by atoms with Gasteiger partial charge < -0.3 is 14.6 Å². The molecule has 0 amide bonds. The van der Waals surface area contributed by atoms with Crippen LogP contribution in [0.1, 0.15) is 12.8 Å². The van der Waals surface area contributed by atoms with Crippen LogP contribution in [0.4, 0.5) is 0 Å². The van der Waals surface area contributed by atoms with Gasteiger partial charge in [-0.3, -0.25) is 0 Å². The van der Waals surface area contributed by atoms with Gasteiger partial charge >= 0.3 is 0 Å². The third-order valence-corrected chi connectivity index (χ3v) is 4.60. The summed E-state index contributed by atoms with van der Waals surface area (Å²) in [6.45, 7) is 4.37. The molecule has 1 fully saturated rings. The Balaban J connectivity index is 1.74. The van der Waals surface area contributed by atoms with Crippen LogP contribution in [0.2, 0.25) is 0 Å². The van der Waals surface area contributed by atoms with E-state index in [1.807, 2.05) is 24.3 Å². The number of aromatic hydroxyl groups is 1. The lowest BCUT2D eigenvalue weighted by Crippen LogP contribution is -2.24. The average molecular weight is 307 g/mol. The molecule has 2 aromatic carbocycles. The van der Waals surface area contributed by atoms with Crippen LogP contribution >= 0.6 is 0 Å². The molecule has 0 spiro atoms. The maximum absolute atomic E-state index is 9.80. The molecule has 1 aliphatic heterocycles. The summed E-state index contributed by atoms with van der Waals surface area (Å²) in [6.07, 6.45) is 2.62. The van der Waals surface area contributed by atoms with E-state index in [9.17, 15) is 5.11 Å². The van der Waals surface area contributed by atoms with E-state index in [0.717, 1.165) is 35.5 Å². The molecule has 2 heterocycles. The monoisotopic (exact) mass is 307 g/mol. The summed E-state index contributed by atoms with van der Waals surface area (Å²) < 4.78 is 2.28. The SMILES string of the molecule is Oc1cccc(-c2nc3ccccc3n2CCN2CCCC2)c1. The van der Waals surface area contributed by atoms with Crippen molar-refractivity contribution in [3.8, 4) is 17.1 Å². The highest BCUT2D eigenvalue weighted by molar-refractivity contribution is 5.80. The van der Waals surface area contributed by atoms with Gasteiger partial charge in [0.2, 0.25) is 0 Å². The Morgan fingerprint density at radius 1 is 0.957 bits per heavy atom. The number of rotatable bonds is 4. The highest BCUT2D eigenvalue weighted by Gasteiger charge is 2.15. The molecule has 0 aliphatic carbocycles. The van der Waals surface area contributed by atoms with E-state index in [4.69, 9.17) is 4.98 Å². The minimum absolute atomic E-state index is 0.278. The minimum atomic E-state index is 0.278. The summed E-state index contributed by atoms with van der Waals surface area (Å²) in [6, 6.07) is 15.6. The fraction of sp³-hybridized carbons (Fsp3) is 0.316. The molecular formula is C19H21N3O. The Morgan fingerprint density at radius 3 is 2.61 bits per heavy atom. The Labute approximate surface area is 136 Å². The Bertz CT molecular complexity index is 818. The molecule has 0 saturated carbocycles. The topological polar surface area (TPSA) is 41.3 Å². The van der Waals surface area contributed by atoms with Crippen molar-refractivity contribution in [2.24, 2.45) is 0 Å². The lowest BCUT2D eigenvalue weighted by atomic mass is 10.2. The summed E-state index contributed by atoms with van der Waals surface area (Å²) in [5, 5.41) is 9.80. The summed E-state index contributed by atoms with van der Waals surface area (Å²) >= 11 is 0. The lowest BCUT2D eigenvalue weighted by molar-refractivity contribution is 0.325. The molecule has 0 unspecified atom stereocenters. The number of likely N-dealkylation sites (tertiary alicyclic amines) is 1. The Kier molecular flexibility index (Phi) is 3.75. The Hall–Kier alpha value is -2.33. The van der Waals surface area contributed by atoms with Crippen LogP contribution in [0, 0.1) is 0 Å². The summed E-state index contributed by atoms with van der Waals surface area (Å²) in [4.78, 5) is 7.32. The summed E-state index contributed by atoms with van der Waals surface area (Å²) in [5.41, 5.74) is 3.12. The van der Waals surface area contributed by atoms with Gasteiger partial charge in [0.15, 0.2) is 0 Å². The number of hydrogen-bond acceptors (Lipinski definition) is 3. The van der Waals surface area contributed by atoms with E-state index in [-0.39, 0.29) is 5.75 Å². The van der Waals surface area contributed by atoms with Crippen molar-refractivity contribution in [3.05, 3.63) is 48.5 Å². The number of phenols is 1. The molecule has 4 nitrogen and oxygen atoms in total. The van der Waals surface area contributed by atoms with Crippen LogP contribution in [0.5, 0.6) is 5.75 Å². The normalized spacial score (nSPS) is 15.5. The average Bonchev–Trinajstić information content (AvgIpc) is 3.20. The van der Waals surface area contributed by atoms with E-state index in [1.165, 1.54) is 25.9 Å². The van der Waals surface area contributed by atoms with Gasteiger partial charge in [-0.15, -0.1) is 0 Å². The van der Waals surface area contributed by atoms with Crippen LogP contribution in [0.15, 0.2) is 48.5 Å². The molecule has 118 valence electrons. The van der Waals surface area contributed by atoms with Gasteiger partial charge in [0.1, 0.15) is 11.6 Å². The van der Waals surface area contributed by atoms with Crippen molar-refractivity contribution < 1.29 is 5.11 Å². The predicted octanol–water partition coefficient (Wildman–Crippen LogP) is 3.50. The molecule has 4 rings (SSSR count). The van der Waals surface area contributed by atoms with Crippen LogP contribution in [-0.2, 0) is 6.54 Å². The van der Waals surface area contributed by atoms with Crippen LogP contribution in [-0.4, -0.2) is 39.2 Å². The van der Waals surface area contributed by atoms with Crippen molar-refractivity contribution in [2.45, 2.75) is 19.4 Å². The molecule has 1 aromatic heterocycles. The molecule has 1 saturated heterocycles. The number of benzene rings is 2. The van der Waals surface area contributed by atoms with Crippen LogP contribution in [0.3, 0.4) is 0 Å². The molecular weight excluding hydrogens is 286 g/mol. The van der Waals surface area contributed by atoms with Gasteiger partial charge in [0, 0.05) is 18.7 Å². The standard InChI is InChI=1S/C19H21N3O/c23-16-7-5-6-15(14-16)19-20-17-8-1-2-9-18(17)22(19)13-12-21-10-3-4-11-21/h1-2,5-9,14,23H,3-4,10-13H2. The molecule has 1 N–H and O–H groups in total. The third-order valence-electron chi connectivity index (χ3n) is 4.60. The van der Waals surface area contributed by atoms with Gasteiger partial charge in [0.25, 0.3) is 0 Å². The number of imidazole rings is 1. The molecule has 1 aliphatic rings. The number of fused-ring (bicyclic) bond motifs is 1. The van der Waals surface area contributed by atoms with Crippen molar-refractivity contribution >= 4 is 11.0 Å². The second-order valence-electron chi connectivity index (χ2n) is 6.17. The predicted molar refractivity (Wildman–Crippen MR) is 92.5 cm³/mol. The van der Waals surface area contributed by atoms with E-state index in [0.29, 0.717) is 0 Å². The first-order valence-electron chi connectivity index (χ1n) is 8.28. The number of hydrogen-bond donors (Lipinski definition) is 1. The largest absolute Gasteiger partial charge is 0.508 e. The van der Waals surface area contributed by atoms with Crippen LogP contribution < -0.4 is 0 Å². The first kappa shape index (κ1) is 14.3. The zero-order valence-electron chi connectivity index (χ0n) is 13.2. The molecule has 0 atom stereocenters. The highest BCUT2D eigenvalue weighted by atomic mass is 16.3. The van der Waals surface area contributed by atoms with Gasteiger partial charge in [0.05, 0.1) is 11.0 Å². The number of para-hydroxylation sites is 2.